The molecule has 24 heavy (non-hydrogen) atoms. The highest BCUT2D eigenvalue weighted by Crippen LogP contribution is 2.19. The van der Waals surface area contributed by atoms with Crippen LogP contribution in [0.5, 0.6) is 0 Å². The van der Waals surface area contributed by atoms with E-state index in [1.165, 1.54) is 5.01 Å². The summed E-state index contributed by atoms with van der Waals surface area (Å²) in [6, 6.07) is 0.316. The van der Waals surface area contributed by atoms with Crippen LogP contribution in [0.4, 0.5) is 0 Å². The Bertz CT molecular complexity index is 470. The quantitative estimate of drug-likeness (QED) is 0.747. The van der Waals surface area contributed by atoms with Crippen LogP contribution in [0.25, 0.3) is 0 Å². The molecule has 1 N–H and O–H groups in total. The molecule has 0 bridgehead atoms. The highest BCUT2D eigenvalue weighted by atomic mass is 16.5. The van der Waals surface area contributed by atoms with Gasteiger partial charge in [-0.3, -0.25) is 14.5 Å². The summed E-state index contributed by atoms with van der Waals surface area (Å²) in [5.41, 5.74) is 0.447. The molecule has 1 atom stereocenters. The molecule has 2 heterocycles. The summed E-state index contributed by atoms with van der Waals surface area (Å²) in [6.07, 6.45) is 2.95. The third kappa shape index (κ3) is 4.77. The van der Waals surface area contributed by atoms with E-state index in [0.717, 1.165) is 39.1 Å². The number of hydrogen-bond donors (Lipinski definition) is 1. The molecule has 2 rings (SSSR count). The van der Waals surface area contributed by atoms with E-state index in [-0.39, 0.29) is 11.8 Å². The molecule has 1 saturated heterocycles. The number of rotatable bonds is 7. The van der Waals surface area contributed by atoms with Gasteiger partial charge in [-0.05, 0) is 5.92 Å². The Morgan fingerprint density at radius 3 is 2.50 bits per heavy atom. The van der Waals surface area contributed by atoms with Crippen molar-refractivity contribution in [1.82, 2.24) is 15.2 Å². The second-order valence-electron chi connectivity index (χ2n) is 6.47. The van der Waals surface area contributed by atoms with Crippen LogP contribution in [0, 0.1) is 5.92 Å². The number of morpholine rings is 1. The van der Waals surface area contributed by atoms with Gasteiger partial charge in [0.2, 0.25) is 5.91 Å². The Labute approximate surface area is 144 Å². The third-order valence-corrected chi connectivity index (χ3v) is 5.05. The van der Waals surface area contributed by atoms with Crippen LogP contribution in [0.1, 0.15) is 39.5 Å². The molecule has 0 spiro atoms. The molecule has 1 fully saturated rings. The van der Waals surface area contributed by atoms with Crippen LogP contribution in [-0.4, -0.2) is 73.4 Å². The summed E-state index contributed by atoms with van der Waals surface area (Å²) in [5.74, 6) is 0.342. The van der Waals surface area contributed by atoms with E-state index in [1.54, 1.807) is 7.05 Å². The van der Waals surface area contributed by atoms with E-state index >= 15 is 0 Å². The minimum absolute atomic E-state index is 0.0465. The van der Waals surface area contributed by atoms with E-state index in [1.807, 2.05) is 0 Å². The van der Waals surface area contributed by atoms with Crippen molar-refractivity contribution >= 4 is 17.5 Å². The van der Waals surface area contributed by atoms with Gasteiger partial charge in [0, 0.05) is 45.6 Å². The minimum atomic E-state index is -0.154. The number of nitrogens with one attached hydrogen (secondary N) is 1. The SMILES string of the molecule is CCC(CC)[C@@H](CNC(=O)C1=NN(C)C(=O)CC1)N1CCOCC1. The maximum Gasteiger partial charge on any atom is 0.267 e. The molecule has 7 heteroatoms. The van der Waals surface area contributed by atoms with Gasteiger partial charge in [-0.2, -0.15) is 5.10 Å². The van der Waals surface area contributed by atoms with Crippen LogP contribution < -0.4 is 5.32 Å². The van der Waals surface area contributed by atoms with Crippen LogP contribution >= 0.6 is 0 Å². The van der Waals surface area contributed by atoms with Crippen molar-refractivity contribution in [2.45, 2.75) is 45.6 Å². The molecule has 2 aliphatic heterocycles. The van der Waals surface area contributed by atoms with Crippen molar-refractivity contribution < 1.29 is 14.3 Å². The molecular weight excluding hydrogens is 308 g/mol. The van der Waals surface area contributed by atoms with Crippen LogP contribution in [0.2, 0.25) is 0 Å². The molecule has 0 aromatic heterocycles. The zero-order valence-corrected chi connectivity index (χ0v) is 15.1. The van der Waals surface area contributed by atoms with Crippen molar-refractivity contribution in [3.8, 4) is 0 Å². The lowest BCUT2D eigenvalue weighted by Crippen LogP contribution is -2.52. The van der Waals surface area contributed by atoms with Gasteiger partial charge in [-0.15, -0.1) is 0 Å². The Balaban J connectivity index is 1.97. The predicted octanol–water partition coefficient (Wildman–Crippen LogP) is 0.848. The molecule has 0 aliphatic carbocycles. The predicted molar refractivity (Wildman–Crippen MR) is 92.7 cm³/mol. The second-order valence-corrected chi connectivity index (χ2v) is 6.47. The monoisotopic (exact) mass is 338 g/mol. The number of ether oxygens (including phenoxy) is 1. The molecule has 0 aromatic rings. The molecular formula is C17H30N4O3. The number of hydrazone groups is 1. The average Bonchev–Trinajstić information content (AvgIpc) is 2.61. The molecule has 0 unspecified atom stereocenters. The number of carbonyl (C=O) groups excluding carboxylic acids is 2. The van der Waals surface area contributed by atoms with E-state index in [4.69, 9.17) is 4.74 Å². The molecule has 136 valence electrons. The lowest BCUT2D eigenvalue weighted by atomic mass is 9.92. The standard InChI is InChI=1S/C17H30N4O3/c1-4-13(5-2)15(21-8-10-24-11-9-21)12-18-17(23)14-6-7-16(22)20(3)19-14/h13,15H,4-12H2,1-3H3,(H,18,23)/t15-/m1/s1. The van der Waals surface area contributed by atoms with Gasteiger partial charge in [0.1, 0.15) is 5.71 Å². The zero-order chi connectivity index (χ0) is 17.5. The van der Waals surface area contributed by atoms with E-state index in [9.17, 15) is 9.59 Å². The number of carbonyl (C=O) groups is 2. The summed E-state index contributed by atoms with van der Waals surface area (Å²) in [7, 11) is 1.59. The van der Waals surface area contributed by atoms with Crippen LogP contribution in [0.15, 0.2) is 5.10 Å². The lowest BCUT2D eigenvalue weighted by Gasteiger charge is -2.38. The van der Waals surface area contributed by atoms with Gasteiger partial charge < -0.3 is 10.1 Å². The summed E-state index contributed by atoms with van der Waals surface area (Å²) < 4.78 is 5.45. The molecule has 2 amide bonds. The first-order valence-corrected chi connectivity index (χ1v) is 9.00. The van der Waals surface area contributed by atoms with Crippen molar-refractivity contribution in [1.29, 1.82) is 0 Å². The van der Waals surface area contributed by atoms with E-state index < -0.39 is 0 Å². The second kappa shape index (κ2) is 9.13. The summed E-state index contributed by atoms with van der Waals surface area (Å²) in [5, 5.41) is 8.40. The summed E-state index contributed by atoms with van der Waals surface area (Å²) in [4.78, 5) is 26.3. The minimum Gasteiger partial charge on any atom is -0.379 e. The smallest absolute Gasteiger partial charge is 0.267 e. The molecule has 7 nitrogen and oxygen atoms in total. The highest BCUT2D eigenvalue weighted by molar-refractivity contribution is 6.39. The van der Waals surface area contributed by atoms with E-state index in [0.29, 0.717) is 37.1 Å². The molecule has 0 aromatic carbocycles. The maximum atomic E-state index is 12.4. The van der Waals surface area contributed by atoms with Crippen molar-refractivity contribution in [3.05, 3.63) is 0 Å². The fraction of sp³-hybridized carbons (Fsp3) is 0.824. The van der Waals surface area contributed by atoms with Crippen LogP contribution in [-0.2, 0) is 14.3 Å². The van der Waals surface area contributed by atoms with Crippen molar-refractivity contribution in [2.75, 3.05) is 39.9 Å². The number of hydrogen-bond acceptors (Lipinski definition) is 5. The topological polar surface area (TPSA) is 74.2 Å². The van der Waals surface area contributed by atoms with Gasteiger partial charge in [-0.1, -0.05) is 26.7 Å². The summed E-state index contributed by atoms with van der Waals surface area (Å²) in [6.45, 7) is 8.35. The first-order valence-electron chi connectivity index (χ1n) is 9.00. The van der Waals surface area contributed by atoms with Crippen molar-refractivity contribution in [2.24, 2.45) is 11.0 Å². The average molecular weight is 338 g/mol. The van der Waals surface area contributed by atoms with Gasteiger partial charge in [0.05, 0.1) is 13.2 Å². The molecule has 0 saturated carbocycles. The first kappa shape index (κ1) is 18.9. The number of nitrogens with zero attached hydrogens (tertiary/aromatic N) is 3. The fourth-order valence-corrected chi connectivity index (χ4v) is 3.47. The van der Waals surface area contributed by atoms with Gasteiger partial charge in [-0.25, -0.2) is 5.01 Å². The van der Waals surface area contributed by atoms with E-state index in [2.05, 4.69) is 29.2 Å². The normalized spacial score (nSPS) is 20.9. The molecule has 0 radical (unpaired) electrons. The largest absolute Gasteiger partial charge is 0.379 e. The zero-order valence-electron chi connectivity index (χ0n) is 15.1. The third-order valence-electron chi connectivity index (χ3n) is 5.05. The van der Waals surface area contributed by atoms with Crippen LogP contribution in [0.3, 0.4) is 0 Å². The Hall–Kier alpha value is -1.47. The lowest BCUT2D eigenvalue weighted by molar-refractivity contribution is -0.130. The highest BCUT2D eigenvalue weighted by Gasteiger charge is 2.28. The van der Waals surface area contributed by atoms with Crippen molar-refractivity contribution in [3.63, 3.8) is 0 Å². The molecule has 2 aliphatic rings. The Kier molecular flexibility index (Phi) is 7.17. The van der Waals surface area contributed by atoms with Gasteiger partial charge in [0.25, 0.3) is 5.91 Å². The van der Waals surface area contributed by atoms with Gasteiger partial charge >= 0.3 is 0 Å². The Morgan fingerprint density at radius 2 is 1.92 bits per heavy atom. The summed E-state index contributed by atoms with van der Waals surface area (Å²) >= 11 is 0. The fourth-order valence-electron chi connectivity index (χ4n) is 3.47. The Morgan fingerprint density at radius 1 is 1.25 bits per heavy atom. The van der Waals surface area contributed by atoms with Gasteiger partial charge in [0.15, 0.2) is 0 Å². The maximum absolute atomic E-state index is 12.4. The number of amides is 2. The first-order chi connectivity index (χ1) is 11.6.